The van der Waals surface area contributed by atoms with Crippen LogP contribution in [0.15, 0.2) is 30.3 Å². The highest BCUT2D eigenvalue weighted by Crippen LogP contribution is 2.36. The summed E-state index contributed by atoms with van der Waals surface area (Å²) in [4.78, 5) is 23.8. The monoisotopic (exact) mass is 542 g/mol. The average molecular weight is 543 g/mol. The molecule has 0 saturated heterocycles. The van der Waals surface area contributed by atoms with Gasteiger partial charge in [0.15, 0.2) is 0 Å². The Bertz CT molecular complexity index is 722. The second-order valence-electron chi connectivity index (χ2n) is 10.2. The maximum absolute atomic E-state index is 13.3. The average Bonchev–Trinajstić information content (AvgIpc) is 2.89. The molecular weight excluding hydrogens is 493 g/mol. The Labute approximate surface area is 228 Å². The number of esters is 2. The van der Waals surface area contributed by atoms with Crippen LogP contribution >= 0.6 is 0 Å². The van der Waals surface area contributed by atoms with Crippen LogP contribution in [0.25, 0.3) is 0 Å². The van der Waals surface area contributed by atoms with Crippen molar-refractivity contribution in [3.63, 3.8) is 0 Å². The molecule has 0 fully saturated rings. The molecule has 218 valence electrons. The number of rotatable bonds is 23. The van der Waals surface area contributed by atoms with Gasteiger partial charge in [0.1, 0.15) is 0 Å². The molecular formula is C31H49F3O4. The first kappa shape index (κ1) is 34.0. The number of halogens is 3. The number of hydrogen-bond donors (Lipinski definition) is 0. The molecule has 38 heavy (non-hydrogen) atoms. The first-order valence-corrected chi connectivity index (χ1v) is 14.8. The molecule has 0 saturated carbocycles. The molecule has 0 aliphatic rings. The van der Waals surface area contributed by atoms with E-state index >= 15 is 0 Å². The highest BCUT2D eigenvalue weighted by molar-refractivity contribution is 5.70. The van der Waals surface area contributed by atoms with Crippen LogP contribution in [0.3, 0.4) is 0 Å². The van der Waals surface area contributed by atoms with Crippen molar-refractivity contribution in [1.82, 2.24) is 0 Å². The van der Waals surface area contributed by atoms with Gasteiger partial charge in [-0.2, -0.15) is 13.2 Å². The van der Waals surface area contributed by atoms with E-state index in [0.29, 0.717) is 19.4 Å². The summed E-state index contributed by atoms with van der Waals surface area (Å²) in [6, 6.07) is 7.20. The maximum atomic E-state index is 13.3. The van der Waals surface area contributed by atoms with Crippen molar-refractivity contribution in [1.29, 1.82) is 0 Å². The Morgan fingerprint density at radius 1 is 0.658 bits per heavy atom. The number of hydrogen-bond acceptors (Lipinski definition) is 4. The number of carbonyl (C=O) groups is 2. The van der Waals surface area contributed by atoms with Gasteiger partial charge in [0, 0.05) is 18.4 Å². The van der Waals surface area contributed by atoms with Crippen molar-refractivity contribution < 1.29 is 32.2 Å². The van der Waals surface area contributed by atoms with Gasteiger partial charge in [0.25, 0.3) is 0 Å². The molecule has 0 amide bonds. The summed E-state index contributed by atoms with van der Waals surface area (Å²) in [6.07, 6.45) is 12.1. The third kappa shape index (κ3) is 18.2. The lowest BCUT2D eigenvalue weighted by Gasteiger charge is -2.21. The molecule has 7 heteroatoms. The van der Waals surface area contributed by atoms with Gasteiger partial charge in [0.05, 0.1) is 6.61 Å². The molecule has 1 unspecified atom stereocenters. The topological polar surface area (TPSA) is 52.6 Å². The van der Waals surface area contributed by atoms with E-state index < -0.39 is 18.2 Å². The zero-order chi connectivity index (χ0) is 27.9. The minimum Gasteiger partial charge on any atom is -0.466 e. The van der Waals surface area contributed by atoms with Gasteiger partial charge in [-0.05, 0) is 19.3 Å². The lowest BCUT2D eigenvalue weighted by Crippen LogP contribution is -2.26. The Hall–Kier alpha value is -2.05. The van der Waals surface area contributed by atoms with E-state index in [1.807, 2.05) is 0 Å². The summed E-state index contributed by atoms with van der Waals surface area (Å²) < 4.78 is 49.9. The number of benzene rings is 1. The smallest absolute Gasteiger partial charge is 0.429 e. The highest BCUT2D eigenvalue weighted by atomic mass is 19.4. The number of ether oxygens (including phenoxy) is 2. The van der Waals surface area contributed by atoms with E-state index in [1.54, 1.807) is 6.07 Å². The van der Waals surface area contributed by atoms with E-state index in [2.05, 4.69) is 6.92 Å². The molecule has 0 N–H and O–H groups in total. The lowest BCUT2D eigenvalue weighted by molar-refractivity contribution is -0.224. The fourth-order valence-corrected chi connectivity index (χ4v) is 4.41. The molecule has 0 aromatic heterocycles. The van der Waals surface area contributed by atoms with Crippen molar-refractivity contribution >= 4 is 11.9 Å². The summed E-state index contributed by atoms with van der Waals surface area (Å²) in [7, 11) is 0. The molecule has 1 atom stereocenters. The van der Waals surface area contributed by atoms with Gasteiger partial charge in [-0.25, -0.2) is 0 Å². The van der Waals surface area contributed by atoms with E-state index in [9.17, 15) is 22.8 Å². The van der Waals surface area contributed by atoms with Gasteiger partial charge in [-0.3, -0.25) is 9.59 Å². The highest BCUT2D eigenvalue weighted by Gasteiger charge is 2.43. The van der Waals surface area contributed by atoms with Crippen LogP contribution in [-0.2, 0) is 19.1 Å². The fraction of sp³-hybridized carbons (Fsp3) is 0.742. The SMILES string of the molecule is CCCCCCCCCCCCCOC(=O)CCCCCCCCC(=O)OC(c1ccccc1)C(F)(F)F. The van der Waals surface area contributed by atoms with Crippen molar-refractivity contribution in [2.24, 2.45) is 0 Å². The molecule has 0 aliphatic heterocycles. The number of alkyl halides is 3. The van der Waals surface area contributed by atoms with Gasteiger partial charge >= 0.3 is 18.1 Å². The van der Waals surface area contributed by atoms with Crippen LogP contribution in [0.2, 0.25) is 0 Å². The first-order chi connectivity index (χ1) is 18.3. The Balaban J connectivity index is 1.94. The quantitative estimate of drug-likeness (QED) is 0.102. The van der Waals surface area contributed by atoms with Crippen LogP contribution in [-0.4, -0.2) is 24.7 Å². The van der Waals surface area contributed by atoms with Crippen LogP contribution in [0.1, 0.15) is 141 Å². The fourth-order valence-electron chi connectivity index (χ4n) is 4.41. The normalized spacial score (nSPS) is 12.3. The zero-order valence-electron chi connectivity index (χ0n) is 23.4. The minimum atomic E-state index is -4.65. The third-order valence-electron chi connectivity index (χ3n) is 6.67. The Morgan fingerprint density at radius 3 is 1.61 bits per heavy atom. The summed E-state index contributed by atoms with van der Waals surface area (Å²) in [5.41, 5.74) is -0.0781. The molecule has 1 rings (SSSR count). The van der Waals surface area contributed by atoms with E-state index in [4.69, 9.17) is 9.47 Å². The molecule has 1 aromatic carbocycles. The molecule has 0 spiro atoms. The van der Waals surface area contributed by atoms with E-state index in [1.165, 1.54) is 82.1 Å². The Morgan fingerprint density at radius 2 is 1.11 bits per heavy atom. The third-order valence-corrected chi connectivity index (χ3v) is 6.67. The van der Waals surface area contributed by atoms with Crippen molar-refractivity contribution in [3.05, 3.63) is 35.9 Å². The van der Waals surface area contributed by atoms with Gasteiger partial charge < -0.3 is 9.47 Å². The lowest BCUT2D eigenvalue weighted by atomic mass is 10.1. The molecule has 0 bridgehead atoms. The van der Waals surface area contributed by atoms with Crippen molar-refractivity contribution in [2.75, 3.05) is 6.61 Å². The minimum absolute atomic E-state index is 0.0369. The van der Waals surface area contributed by atoms with Crippen LogP contribution in [0.4, 0.5) is 13.2 Å². The summed E-state index contributed by atoms with van der Waals surface area (Å²) >= 11 is 0. The molecule has 0 heterocycles. The second-order valence-corrected chi connectivity index (χ2v) is 10.2. The number of unbranched alkanes of at least 4 members (excludes halogenated alkanes) is 15. The predicted molar refractivity (Wildman–Crippen MR) is 146 cm³/mol. The Kier molecular flexibility index (Phi) is 19.5. The van der Waals surface area contributed by atoms with Crippen LogP contribution in [0, 0.1) is 0 Å². The van der Waals surface area contributed by atoms with E-state index in [0.717, 1.165) is 44.9 Å². The largest absolute Gasteiger partial charge is 0.466 e. The van der Waals surface area contributed by atoms with Crippen LogP contribution in [0.5, 0.6) is 0 Å². The van der Waals surface area contributed by atoms with Crippen molar-refractivity contribution in [3.8, 4) is 0 Å². The molecule has 0 aliphatic carbocycles. The molecule has 1 aromatic rings. The maximum Gasteiger partial charge on any atom is 0.429 e. The number of carbonyl (C=O) groups excluding carboxylic acids is 2. The summed E-state index contributed by atoms with van der Waals surface area (Å²) in [5, 5.41) is 0. The van der Waals surface area contributed by atoms with Gasteiger partial charge in [0.2, 0.25) is 6.10 Å². The zero-order valence-corrected chi connectivity index (χ0v) is 23.4. The summed E-state index contributed by atoms with van der Waals surface area (Å²) in [6.45, 7) is 2.75. The standard InChI is InChI=1S/C31H49F3O4/c1-2-3-4-5-6-7-8-9-12-15-21-26-37-28(35)24-19-13-10-11-14-20-25-29(36)38-30(31(32,33)34)27-22-17-16-18-23-27/h16-18,22-23,30H,2-15,19-21,24-26H2,1H3. The van der Waals surface area contributed by atoms with Gasteiger partial charge in [-0.15, -0.1) is 0 Å². The summed E-state index contributed by atoms with van der Waals surface area (Å²) in [5.74, 6) is -0.978. The second kappa shape index (κ2) is 21.8. The predicted octanol–water partition coefficient (Wildman–Crippen LogP) is 9.81. The van der Waals surface area contributed by atoms with E-state index in [-0.39, 0.29) is 18.0 Å². The van der Waals surface area contributed by atoms with Gasteiger partial charge in [-0.1, -0.05) is 127 Å². The first-order valence-electron chi connectivity index (χ1n) is 14.8. The van der Waals surface area contributed by atoms with Crippen molar-refractivity contribution in [2.45, 2.75) is 141 Å². The molecule has 4 nitrogen and oxygen atoms in total. The molecule has 0 radical (unpaired) electrons. The van der Waals surface area contributed by atoms with Crippen LogP contribution < -0.4 is 0 Å².